The lowest BCUT2D eigenvalue weighted by molar-refractivity contribution is -0.142. The molecule has 8 heteroatoms. The van der Waals surface area contributed by atoms with Crippen LogP contribution in [0.2, 0.25) is 0 Å². The zero-order valence-electron chi connectivity index (χ0n) is 21.4. The molecule has 0 saturated heterocycles. The van der Waals surface area contributed by atoms with Crippen LogP contribution >= 0.6 is 12.6 Å². The lowest BCUT2D eigenvalue weighted by Crippen LogP contribution is -2.54. The molecule has 2 N–H and O–H groups in total. The first kappa shape index (κ1) is 29.8. The molecule has 0 heterocycles. The van der Waals surface area contributed by atoms with Crippen LogP contribution in [0, 0.1) is 0 Å². The number of amides is 3. The highest BCUT2D eigenvalue weighted by Crippen LogP contribution is 2.24. The van der Waals surface area contributed by atoms with Crippen molar-refractivity contribution in [3.63, 3.8) is 0 Å². The standard InChI is InChI=1S/C26H43N3O4S/c1-6-8-10-14-18-29(24(31)21(19-34)28-25(32)33-26(3,4)5)22(20-15-12-11-13-16-20)23(30)27-17-9-7-2/h11-13,15-16,21-22,34H,6-10,14,17-19H2,1-5H3,(H,27,30)(H,28,32). The Hall–Kier alpha value is -2.22. The smallest absolute Gasteiger partial charge is 0.408 e. The number of alkyl carbamates (subject to hydrolysis) is 1. The van der Waals surface area contributed by atoms with Gasteiger partial charge < -0.3 is 20.3 Å². The number of carbonyl (C=O) groups is 3. The van der Waals surface area contributed by atoms with Crippen molar-refractivity contribution >= 4 is 30.5 Å². The summed E-state index contributed by atoms with van der Waals surface area (Å²) >= 11 is 4.32. The molecule has 2 unspecified atom stereocenters. The number of benzene rings is 1. The Kier molecular flexibility index (Phi) is 13.7. The van der Waals surface area contributed by atoms with Crippen LogP contribution in [-0.4, -0.2) is 53.3 Å². The van der Waals surface area contributed by atoms with E-state index in [1.54, 1.807) is 25.7 Å². The summed E-state index contributed by atoms with van der Waals surface area (Å²) in [5.74, 6) is -0.488. The monoisotopic (exact) mass is 493 g/mol. The summed E-state index contributed by atoms with van der Waals surface area (Å²) < 4.78 is 5.34. The average Bonchev–Trinajstić information content (AvgIpc) is 2.78. The maximum atomic E-state index is 13.7. The van der Waals surface area contributed by atoms with E-state index in [1.165, 1.54) is 0 Å². The van der Waals surface area contributed by atoms with Crippen molar-refractivity contribution in [2.45, 2.75) is 90.8 Å². The van der Waals surface area contributed by atoms with Crippen molar-refractivity contribution in [3.05, 3.63) is 35.9 Å². The van der Waals surface area contributed by atoms with Gasteiger partial charge in [0.15, 0.2) is 0 Å². The maximum Gasteiger partial charge on any atom is 0.408 e. The van der Waals surface area contributed by atoms with Gasteiger partial charge in [0.1, 0.15) is 17.7 Å². The maximum absolute atomic E-state index is 13.7. The summed E-state index contributed by atoms with van der Waals surface area (Å²) in [5.41, 5.74) is 0.0374. The van der Waals surface area contributed by atoms with E-state index >= 15 is 0 Å². The molecule has 0 aliphatic rings. The molecule has 0 bridgehead atoms. The highest BCUT2D eigenvalue weighted by molar-refractivity contribution is 7.80. The number of thiol groups is 1. The SMILES string of the molecule is CCCCCCN(C(=O)C(CS)NC(=O)OC(C)(C)C)C(C(=O)NCCCC)c1ccccc1. The van der Waals surface area contributed by atoms with Gasteiger partial charge in [-0.3, -0.25) is 9.59 Å². The third-order valence-corrected chi connectivity index (χ3v) is 5.58. The van der Waals surface area contributed by atoms with Crippen LogP contribution < -0.4 is 10.6 Å². The number of nitrogens with zero attached hydrogens (tertiary/aromatic N) is 1. The van der Waals surface area contributed by atoms with Gasteiger partial charge in [-0.15, -0.1) is 0 Å². The molecule has 0 saturated carbocycles. The number of hydrogen-bond acceptors (Lipinski definition) is 5. The fourth-order valence-electron chi connectivity index (χ4n) is 3.50. The van der Waals surface area contributed by atoms with Crippen molar-refractivity contribution < 1.29 is 19.1 Å². The lowest BCUT2D eigenvalue weighted by Gasteiger charge is -2.34. The molecular weight excluding hydrogens is 450 g/mol. The van der Waals surface area contributed by atoms with Gasteiger partial charge in [0.2, 0.25) is 11.8 Å². The third-order valence-electron chi connectivity index (χ3n) is 5.21. The molecule has 192 valence electrons. The molecule has 3 amide bonds. The van der Waals surface area contributed by atoms with Crippen molar-refractivity contribution in [2.75, 3.05) is 18.8 Å². The molecule has 7 nitrogen and oxygen atoms in total. The van der Waals surface area contributed by atoms with Crippen LogP contribution in [0.5, 0.6) is 0 Å². The molecule has 2 atom stereocenters. The van der Waals surface area contributed by atoms with E-state index in [9.17, 15) is 14.4 Å². The van der Waals surface area contributed by atoms with Crippen LogP contribution in [0.25, 0.3) is 0 Å². The second-order valence-corrected chi connectivity index (χ2v) is 9.80. The first-order valence-corrected chi connectivity index (χ1v) is 13.0. The van der Waals surface area contributed by atoms with Crippen molar-refractivity contribution in [1.82, 2.24) is 15.5 Å². The zero-order valence-corrected chi connectivity index (χ0v) is 22.3. The molecule has 0 aliphatic carbocycles. The van der Waals surface area contributed by atoms with Gasteiger partial charge in [0.25, 0.3) is 0 Å². The first-order chi connectivity index (χ1) is 16.1. The number of ether oxygens (including phenoxy) is 1. The number of unbranched alkanes of at least 4 members (excludes halogenated alkanes) is 4. The molecule has 1 aromatic rings. The quantitative estimate of drug-likeness (QED) is 0.255. The van der Waals surface area contributed by atoms with E-state index in [-0.39, 0.29) is 17.6 Å². The van der Waals surface area contributed by atoms with Gasteiger partial charge in [-0.05, 0) is 39.2 Å². The van der Waals surface area contributed by atoms with E-state index in [1.807, 2.05) is 30.3 Å². The summed E-state index contributed by atoms with van der Waals surface area (Å²) in [7, 11) is 0. The highest BCUT2D eigenvalue weighted by atomic mass is 32.1. The normalized spacial score (nSPS) is 13.0. The molecule has 0 aromatic heterocycles. The minimum atomic E-state index is -0.918. The Balaban J connectivity index is 3.24. The Morgan fingerprint density at radius 3 is 2.21 bits per heavy atom. The molecule has 1 aromatic carbocycles. The van der Waals surface area contributed by atoms with Crippen molar-refractivity contribution in [1.29, 1.82) is 0 Å². The van der Waals surface area contributed by atoms with Gasteiger partial charge in [0, 0.05) is 18.8 Å². The Bertz CT molecular complexity index is 752. The topological polar surface area (TPSA) is 87.7 Å². The minimum Gasteiger partial charge on any atom is -0.444 e. The van der Waals surface area contributed by atoms with E-state index in [0.717, 1.165) is 44.1 Å². The fourth-order valence-corrected chi connectivity index (χ4v) is 3.75. The number of carbonyl (C=O) groups excluding carboxylic acids is 3. The minimum absolute atomic E-state index is 0.0858. The van der Waals surface area contributed by atoms with Crippen molar-refractivity contribution in [3.8, 4) is 0 Å². The van der Waals surface area contributed by atoms with Crippen LogP contribution in [0.4, 0.5) is 4.79 Å². The molecule has 0 radical (unpaired) electrons. The number of rotatable bonds is 14. The van der Waals surface area contributed by atoms with Crippen LogP contribution in [0.15, 0.2) is 30.3 Å². The Morgan fingerprint density at radius 1 is 1.00 bits per heavy atom. The summed E-state index contributed by atoms with van der Waals surface area (Å²) in [6.07, 6.45) is 4.95. The Morgan fingerprint density at radius 2 is 1.65 bits per heavy atom. The van der Waals surface area contributed by atoms with E-state index < -0.39 is 23.8 Å². The summed E-state index contributed by atoms with van der Waals surface area (Å²) in [6.45, 7) is 10.4. The van der Waals surface area contributed by atoms with Gasteiger partial charge in [-0.1, -0.05) is 69.9 Å². The second kappa shape index (κ2) is 15.6. The van der Waals surface area contributed by atoms with Gasteiger partial charge in [-0.25, -0.2) is 4.79 Å². The second-order valence-electron chi connectivity index (χ2n) is 9.43. The molecule has 0 fully saturated rings. The molecule has 0 spiro atoms. The van der Waals surface area contributed by atoms with Gasteiger partial charge >= 0.3 is 6.09 Å². The summed E-state index contributed by atoms with van der Waals surface area (Å²) in [5, 5.41) is 5.63. The van der Waals surface area contributed by atoms with Crippen LogP contribution in [-0.2, 0) is 14.3 Å². The largest absolute Gasteiger partial charge is 0.444 e. The molecule has 0 aliphatic heterocycles. The fraction of sp³-hybridized carbons (Fsp3) is 0.654. The van der Waals surface area contributed by atoms with E-state index in [2.05, 4.69) is 37.1 Å². The molecular formula is C26H43N3O4S. The summed E-state index contributed by atoms with van der Waals surface area (Å²) in [6, 6.07) is 7.59. The summed E-state index contributed by atoms with van der Waals surface area (Å²) in [4.78, 5) is 41.0. The lowest BCUT2D eigenvalue weighted by atomic mass is 10.0. The number of hydrogen-bond donors (Lipinski definition) is 3. The number of nitrogens with one attached hydrogen (secondary N) is 2. The predicted octanol–water partition coefficient (Wildman–Crippen LogP) is 4.88. The Labute approximate surface area is 210 Å². The van der Waals surface area contributed by atoms with Crippen molar-refractivity contribution in [2.24, 2.45) is 0 Å². The first-order valence-electron chi connectivity index (χ1n) is 12.4. The van der Waals surface area contributed by atoms with Gasteiger partial charge in [-0.2, -0.15) is 12.6 Å². The molecule has 1 rings (SSSR count). The van der Waals surface area contributed by atoms with E-state index in [4.69, 9.17) is 4.74 Å². The van der Waals surface area contributed by atoms with Crippen LogP contribution in [0.1, 0.15) is 84.7 Å². The van der Waals surface area contributed by atoms with E-state index in [0.29, 0.717) is 13.1 Å². The average molecular weight is 494 g/mol. The highest BCUT2D eigenvalue weighted by Gasteiger charge is 2.35. The molecule has 34 heavy (non-hydrogen) atoms. The zero-order chi connectivity index (χ0) is 25.6. The predicted molar refractivity (Wildman–Crippen MR) is 140 cm³/mol. The van der Waals surface area contributed by atoms with Gasteiger partial charge in [0.05, 0.1) is 0 Å². The van der Waals surface area contributed by atoms with Crippen LogP contribution in [0.3, 0.4) is 0 Å². The third kappa shape index (κ3) is 10.8.